The molecule has 1 aliphatic carbocycles. The monoisotopic (exact) mass is 325 g/mol. The predicted molar refractivity (Wildman–Crippen MR) is 94.1 cm³/mol. The molecule has 128 valence electrons. The summed E-state index contributed by atoms with van der Waals surface area (Å²) in [7, 11) is 0. The van der Waals surface area contributed by atoms with Crippen LogP contribution in [0.25, 0.3) is 0 Å². The van der Waals surface area contributed by atoms with Gasteiger partial charge in [-0.2, -0.15) is 0 Å². The van der Waals surface area contributed by atoms with Gasteiger partial charge in [0.25, 0.3) is 0 Å². The molecule has 2 aliphatic rings. The van der Waals surface area contributed by atoms with Gasteiger partial charge in [-0.25, -0.2) is 0 Å². The van der Waals surface area contributed by atoms with Crippen LogP contribution in [-0.2, 0) is 12.8 Å². The van der Waals surface area contributed by atoms with Crippen LogP contribution in [0, 0.1) is 6.92 Å². The van der Waals surface area contributed by atoms with E-state index in [-0.39, 0.29) is 0 Å². The van der Waals surface area contributed by atoms with Crippen LogP contribution in [0.2, 0.25) is 0 Å². The molecule has 24 heavy (non-hydrogen) atoms. The Labute approximate surface area is 144 Å². The van der Waals surface area contributed by atoms with Crippen molar-refractivity contribution in [3.8, 4) is 0 Å². The molecule has 1 aliphatic heterocycles. The number of likely N-dealkylation sites (tertiary alicyclic amines) is 1. The van der Waals surface area contributed by atoms with Crippen molar-refractivity contribution in [2.45, 2.75) is 63.8 Å². The zero-order valence-corrected chi connectivity index (χ0v) is 14.6. The molecule has 4 rings (SSSR count). The van der Waals surface area contributed by atoms with Crippen LogP contribution in [0.1, 0.15) is 60.9 Å². The normalized spacial score (nSPS) is 24.2. The third-order valence-corrected chi connectivity index (χ3v) is 5.70. The highest BCUT2D eigenvalue weighted by atomic mass is 16.4. The first-order valence-corrected chi connectivity index (χ1v) is 9.42. The highest BCUT2D eigenvalue weighted by molar-refractivity contribution is 5.34. The smallest absolute Gasteiger partial charge is 0.216 e. The van der Waals surface area contributed by atoms with E-state index in [0.717, 1.165) is 37.2 Å². The van der Waals surface area contributed by atoms with Crippen LogP contribution in [0.5, 0.6) is 0 Å². The molecule has 0 spiro atoms. The lowest BCUT2D eigenvalue weighted by Gasteiger charge is -2.35. The van der Waals surface area contributed by atoms with E-state index in [0.29, 0.717) is 5.89 Å². The van der Waals surface area contributed by atoms with Crippen LogP contribution < -0.4 is 0 Å². The van der Waals surface area contributed by atoms with E-state index in [1.165, 1.54) is 38.6 Å². The van der Waals surface area contributed by atoms with Crippen LogP contribution in [0.4, 0.5) is 0 Å². The summed E-state index contributed by atoms with van der Waals surface area (Å²) in [6.07, 6.45) is 8.63. The number of benzene rings is 1. The Morgan fingerprint density at radius 3 is 2.96 bits per heavy atom. The van der Waals surface area contributed by atoms with Crippen molar-refractivity contribution in [1.29, 1.82) is 0 Å². The van der Waals surface area contributed by atoms with Crippen LogP contribution in [0.3, 0.4) is 0 Å². The van der Waals surface area contributed by atoms with Crippen molar-refractivity contribution in [3.63, 3.8) is 0 Å². The molecule has 0 bridgehead atoms. The second kappa shape index (κ2) is 7.06. The summed E-state index contributed by atoms with van der Waals surface area (Å²) in [5, 5.41) is 8.03. The van der Waals surface area contributed by atoms with Gasteiger partial charge in [0.1, 0.15) is 0 Å². The standard InChI is InChI=1S/C20H27N3O/c1-15-21-22-20(24-15)12-6-14-23-13-5-11-19(23)18-10-4-8-16-7-2-3-9-17(16)18/h2-3,7,9,18-19H,4-6,8,10-14H2,1H3/t18-,19-/m0/s1. The fourth-order valence-electron chi connectivity index (χ4n) is 4.65. The second-order valence-electron chi connectivity index (χ2n) is 7.26. The molecule has 4 nitrogen and oxygen atoms in total. The topological polar surface area (TPSA) is 42.2 Å². The summed E-state index contributed by atoms with van der Waals surface area (Å²) in [5.74, 6) is 2.18. The molecule has 0 saturated carbocycles. The molecule has 2 heterocycles. The number of aromatic nitrogens is 2. The van der Waals surface area contributed by atoms with Crippen molar-refractivity contribution in [1.82, 2.24) is 15.1 Å². The first-order chi connectivity index (χ1) is 11.8. The molecule has 0 radical (unpaired) electrons. The van der Waals surface area contributed by atoms with E-state index in [1.54, 1.807) is 11.1 Å². The Morgan fingerprint density at radius 2 is 2.08 bits per heavy atom. The molecule has 1 aromatic carbocycles. The Morgan fingerprint density at radius 1 is 1.17 bits per heavy atom. The van der Waals surface area contributed by atoms with Gasteiger partial charge in [-0.05, 0) is 68.7 Å². The van der Waals surface area contributed by atoms with Crippen molar-refractivity contribution >= 4 is 0 Å². The van der Waals surface area contributed by atoms with Gasteiger partial charge < -0.3 is 4.42 Å². The highest BCUT2D eigenvalue weighted by Crippen LogP contribution is 2.39. The van der Waals surface area contributed by atoms with Gasteiger partial charge in [-0.15, -0.1) is 10.2 Å². The highest BCUT2D eigenvalue weighted by Gasteiger charge is 2.34. The maximum absolute atomic E-state index is 5.50. The number of hydrogen-bond acceptors (Lipinski definition) is 4. The van der Waals surface area contributed by atoms with E-state index in [4.69, 9.17) is 4.42 Å². The molecule has 0 N–H and O–H groups in total. The quantitative estimate of drug-likeness (QED) is 0.836. The SMILES string of the molecule is Cc1nnc(CCCN2CCC[C@H]2[C@H]2CCCc3ccccc32)o1. The van der Waals surface area contributed by atoms with E-state index in [2.05, 4.69) is 39.4 Å². The second-order valence-corrected chi connectivity index (χ2v) is 7.26. The largest absolute Gasteiger partial charge is 0.426 e. The molecule has 2 atom stereocenters. The van der Waals surface area contributed by atoms with Crippen LogP contribution in [0.15, 0.2) is 28.7 Å². The summed E-state index contributed by atoms with van der Waals surface area (Å²) in [6, 6.07) is 9.83. The summed E-state index contributed by atoms with van der Waals surface area (Å²) >= 11 is 0. The lowest BCUT2D eigenvalue weighted by Crippen LogP contribution is -2.36. The first kappa shape index (κ1) is 15.8. The van der Waals surface area contributed by atoms with Gasteiger partial charge in [0, 0.05) is 19.4 Å². The molecule has 2 aromatic rings. The summed E-state index contributed by atoms with van der Waals surface area (Å²) in [4.78, 5) is 2.72. The fraction of sp³-hybridized carbons (Fsp3) is 0.600. The molecular weight excluding hydrogens is 298 g/mol. The molecule has 4 heteroatoms. The summed E-state index contributed by atoms with van der Waals surface area (Å²) in [6.45, 7) is 4.24. The summed E-state index contributed by atoms with van der Waals surface area (Å²) < 4.78 is 5.50. The predicted octanol–water partition coefficient (Wildman–Crippen LogP) is 3.90. The zero-order chi connectivity index (χ0) is 16.4. The maximum Gasteiger partial charge on any atom is 0.216 e. The summed E-state index contributed by atoms with van der Waals surface area (Å²) in [5.41, 5.74) is 3.20. The van der Waals surface area contributed by atoms with Crippen LogP contribution >= 0.6 is 0 Å². The molecule has 1 fully saturated rings. The van der Waals surface area contributed by atoms with Crippen molar-refractivity contribution in [2.24, 2.45) is 0 Å². The molecule has 1 saturated heterocycles. The number of hydrogen-bond donors (Lipinski definition) is 0. The maximum atomic E-state index is 5.50. The number of nitrogens with zero attached hydrogens (tertiary/aromatic N) is 3. The Hall–Kier alpha value is -1.68. The van der Waals surface area contributed by atoms with E-state index < -0.39 is 0 Å². The van der Waals surface area contributed by atoms with Gasteiger partial charge in [0.2, 0.25) is 11.8 Å². The molecule has 1 aromatic heterocycles. The van der Waals surface area contributed by atoms with Gasteiger partial charge in [-0.3, -0.25) is 4.90 Å². The van der Waals surface area contributed by atoms with Crippen LogP contribution in [-0.4, -0.2) is 34.2 Å². The number of aryl methyl sites for hydroxylation is 3. The van der Waals surface area contributed by atoms with Gasteiger partial charge in [0.05, 0.1) is 0 Å². The minimum atomic E-state index is 0.669. The van der Waals surface area contributed by atoms with Crippen molar-refractivity contribution in [3.05, 3.63) is 47.2 Å². The first-order valence-electron chi connectivity index (χ1n) is 9.42. The third kappa shape index (κ3) is 3.25. The van der Waals surface area contributed by atoms with Gasteiger partial charge in [0.15, 0.2) is 0 Å². The minimum absolute atomic E-state index is 0.669. The van der Waals surface area contributed by atoms with E-state index in [9.17, 15) is 0 Å². The molecule has 0 amide bonds. The zero-order valence-electron chi connectivity index (χ0n) is 14.6. The fourth-order valence-corrected chi connectivity index (χ4v) is 4.65. The van der Waals surface area contributed by atoms with E-state index in [1.807, 2.05) is 6.92 Å². The average Bonchev–Trinajstić information content (AvgIpc) is 3.23. The lowest BCUT2D eigenvalue weighted by atomic mass is 9.78. The van der Waals surface area contributed by atoms with Crippen molar-refractivity contribution in [2.75, 3.05) is 13.1 Å². The molecular formula is C20H27N3O. The Kier molecular flexibility index (Phi) is 4.65. The number of fused-ring (bicyclic) bond motifs is 1. The van der Waals surface area contributed by atoms with E-state index >= 15 is 0 Å². The lowest BCUT2D eigenvalue weighted by molar-refractivity contribution is 0.209. The molecule has 0 unspecified atom stereocenters. The number of rotatable bonds is 5. The van der Waals surface area contributed by atoms with Gasteiger partial charge in [-0.1, -0.05) is 24.3 Å². The van der Waals surface area contributed by atoms with Crippen molar-refractivity contribution < 1.29 is 4.42 Å². The van der Waals surface area contributed by atoms with Gasteiger partial charge >= 0.3 is 0 Å². The Bertz CT molecular complexity index is 681. The average molecular weight is 325 g/mol. The Balaban J connectivity index is 1.40. The minimum Gasteiger partial charge on any atom is -0.426 e. The third-order valence-electron chi connectivity index (χ3n) is 5.70.